The number of benzene rings is 2. The zero-order valence-electron chi connectivity index (χ0n) is 17.7. The fourth-order valence-corrected chi connectivity index (χ4v) is 6.20. The predicted octanol–water partition coefficient (Wildman–Crippen LogP) is 4.26. The van der Waals surface area contributed by atoms with E-state index in [2.05, 4.69) is 11.0 Å². The largest absolute Gasteiger partial charge is 0.338 e. The summed E-state index contributed by atoms with van der Waals surface area (Å²) in [7, 11) is 0. The molecular weight excluding hydrogens is 389 g/mol. The van der Waals surface area contributed by atoms with Gasteiger partial charge in [0.25, 0.3) is 5.91 Å². The van der Waals surface area contributed by atoms with Crippen molar-refractivity contribution in [2.75, 3.05) is 19.6 Å². The van der Waals surface area contributed by atoms with Crippen LogP contribution in [0.3, 0.4) is 0 Å². The maximum atomic E-state index is 13.8. The molecule has 3 aliphatic heterocycles. The molecule has 0 radical (unpaired) electrons. The fourth-order valence-electron chi connectivity index (χ4n) is 6.20. The number of nitrogens with zero attached hydrogens (tertiary/aromatic N) is 3. The normalized spacial score (nSPS) is 27.9. The Morgan fingerprint density at radius 2 is 1.94 bits per heavy atom. The van der Waals surface area contributed by atoms with Crippen LogP contribution in [0.15, 0.2) is 48.5 Å². The van der Waals surface area contributed by atoms with Crippen LogP contribution in [0.1, 0.15) is 47.2 Å². The molecule has 1 amide bonds. The van der Waals surface area contributed by atoms with E-state index in [0.717, 1.165) is 31.5 Å². The van der Waals surface area contributed by atoms with Gasteiger partial charge in [-0.15, -0.1) is 0 Å². The first-order valence-corrected chi connectivity index (χ1v) is 11.4. The van der Waals surface area contributed by atoms with Crippen LogP contribution in [0.2, 0.25) is 0 Å². The van der Waals surface area contributed by atoms with Crippen LogP contribution >= 0.6 is 0 Å². The number of halogens is 1. The molecule has 4 atom stereocenters. The Kier molecular flexibility index (Phi) is 5.50. The van der Waals surface area contributed by atoms with Crippen molar-refractivity contribution in [3.63, 3.8) is 0 Å². The average Bonchev–Trinajstić information content (AvgIpc) is 2.81. The molecule has 2 aromatic carbocycles. The lowest BCUT2D eigenvalue weighted by Gasteiger charge is -2.57. The van der Waals surface area contributed by atoms with Gasteiger partial charge in [0.2, 0.25) is 0 Å². The first kappa shape index (κ1) is 20.2. The van der Waals surface area contributed by atoms with Crippen molar-refractivity contribution in [2.45, 2.75) is 44.2 Å². The highest BCUT2D eigenvalue weighted by Gasteiger charge is 2.47. The summed E-state index contributed by atoms with van der Waals surface area (Å²) in [4.78, 5) is 18.1. The lowest BCUT2D eigenvalue weighted by atomic mass is 9.71. The van der Waals surface area contributed by atoms with Gasteiger partial charge in [0.1, 0.15) is 5.82 Å². The summed E-state index contributed by atoms with van der Waals surface area (Å²) < 4.78 is 13.8. The maximum absolute atomic E-state index is 13.8. The summed E-state index contributed by atoms with van der Waals surface area (Å²) in [6, 6.07) is 17.1. The van der Waals surface area contributed by atoms with E-state index >= 15 is 0 Å². The monoisotopic (exact) mass is 417 g/mol. The zero-order valence-corrected chi connectivity index (χ0v) is 17.7. The molecule has 3 aliphatic rings. The first-order chi connectivity index (χ1) is 15.1. The van der Waals surface area contributed by atoms with Gasteiger partial charge in [0.15, 0.2) is 0 Å². The predicted molar refractivity (Wildman–Crippen MR) is 117 cm³/mol. The number of hydrogen-bond acceptors (Lipinski definition) is 3. The Bertz CT molecular complexity index is 1020. The van der Waals surface area contributed by atoms with Crippen molar-refractivity contribution in [3.8, 4) is 6.07 Å². The van der Waals surface area contributed by atoms with Crippen LogP contribution in [-0.4, -0.2) is 47.4 Å². The minimum Gasteiger partial charge on any atom is -0.338 e. The molecule has 4 nitrogen and oxygen atoms in total. The second-order valence-corrected chi connectivity index (χ2v) is 9.33. The Morgan fingerprint density at radius 1 is 1.10 bits per heavy atom. The van der Waals surface area contributed by atoms with E-state index in [1.54, 1.807) is 30.3 Å². The van der Waals surface area contributed by atoms with Gasteiger partial charge in [-0.2, -0.15) is 5.26 Å². The highest BCUT2D eigenvalue weighted by atomic mass is 19.1. The molecular formula is C26H28FN3O. The summed E-state index contributed by atoms with van der Waals surface area (Å²) in [5, 5.41) is 9.45. The van der Waals surface area contributed by atoms with Gasteiger partial charge in [-0.1, -0.05) is 30.7 Å². The van der Waals surface area contributed by atoms with Crippen molar-refractivity contribution < 1.29 is 9.18 Å². The molecule has 3 fully saturated rings. The molecule has 0 saturated carbocycles. The first-order valence-electron chi connectivity index (χ1n) is 11.4. The van der Waals surface area contributed by atoms with Crippen molar-refractivity contribution >= 4 is 5.91 Å². The molecule has 0 aliphatic carbocycles. The van der Waals surface area contributed by atoms with E-state index in [4.69, 9.17) is 0 Å². The number of carbonyl (C=O) groups is 1. The second-order valence-electron chi connectivity index (χ2n) is 9.33. The van der Waals surface area contributed by atoms with Crippen LogP contribution in [0, 0.1) is 29.0 Å². The Morgan fingerprint density at radius 3 is 2.77 bits per heavy atom. The van der Waals surface area contributed by atoms with Gasteiger partial charge >= 0.3 is 0 Å². The van der Waals surface area contributed by atoms with Crippen molar-refractivity contribution in [3.05, 3.63) is 71.0 Å². The molecule has 0 N–H and O–H groups in total. The van der Waals surface area contributed by atoms with E-state index in [9.17, 15) is 14.4 Å². The molecule has 5 rings (SSSR count). The van der Waals surface area contributed by atoms with Gasteiger partial charge in [-0.25, -0.2) is 4.39 Å². The summed E-state index contributed by atoms with van der Waals surface area (Å²) in [6.07, 6.45) is 5.58. The van der Waals surface area contributed by atoms with E-state index in [0.29, 0.717) is 41.6 Å². The third kappa shape index (κ3) is 3.85. The lowest BCUT2D eigenvalue weighted by molar-refractivity contribution is -0.0642. The number of rotatable bonds is 3. The fraction of sp³-hybridized carbons (Fsp3) is 0.462. The van der Waals surface area contributed by atoms with Crippen LogP contribution in [-0.2, 0) is 6.42 Å². The van der Waals surface area contributed by atoms with Crippen LogP contribution < -0.4 is 0 Å². The number of piperidine rings is 3. The van der Waals surface area contributed by atoms with Crippen molar-refractivity contribution in [2.24, 2.45) is 11.8 Å². The zero-order chi connectivity index (χ0) is 21.4. The number of fused-ring (bicyclic) bond motifs is 4. The van der Waals surface area contributed by atoms with Gasteiger partial charge in [0.05, 0.1) is 17.2 Å². The molecule has 31 heavy (non-hydrogen) atoms. The van der Waals surface area contributed by atoms with Gasteiger partial charge in [0, 0.05) is 25.2 Å². The number of likely N-dealkylation sites (tertiary alicyclic amines) is 1. The Labute approximate surface area is 183 Å². The van der Waals surface area contributed by atoms with Crippen molar-refractivity contribution in [1.29, 1.82) is 5.26 Å². The maximum Gasteiger partial charge on any atom is 0.255 e. The second kappa shape index (κ2) is 8.43. The number of hydrogen-bond donors (Lipinski definition) is 0. The number of amides is 1. The molecule has 2 bridgehead atoms. The van der Waals surface area contributed by atoms with Gasteiger partial charge in [-0.3, -0.25) is 9.69 Å². The molecule has 0 aromatic heterocycles. The van der Waals surface area contributed by atoms with E-state index in [-0.39, 0.29) is 11.7 Å². The minimum absolute atomic E-state index is 0.0272. The van der Waals surface area contributed by atoms with Crippen LogP contribution in [0.4, 0.5) is 4.39 Å². The van der Waals surface area contributed by atoms with Gasteiger partial charge < -0.3 is 4.90 Å². The number of nitriles is 1. The summed E-state index contributed by atoms with van der Waals surface area (Å²) in [5.41, 5.74) is 1.98. The molecule has 3 heterocycles. The molecule has 5 heteroatoms. The highest BCUT2D eigenvalue weighted by molar-refractivity contribution is 5.96. The third-order valence-electron chi connectivity index (χ3n) is 7.52. The third-order valence-corrected chi connectivity index (χ3v) is 7.52. The van der Waals surface area contributed by atoms with E-state index in [1.807, 2.05) is 17.0 Å². The van der Waals surface area contributed by atoms with Crippen LogP contribution in [0.5, 0.6) is 0 Å². The molecule has 2 aromatic rings. The Hall–Kier alpha value is -2.71. The van der Waals surface area contributed by atoms with Gasteiger partial charge in [-0.05, 0) is 73.9 Å². The number of carbonyl (C=O) groups excluding carboxylic acids is 1. The topological polar surface area (TPSA) is 47.3 Å². The van der Waals surface area contributed by atoms with Crippen molar-refractivity contribution in [1.82, 2.24) is 9.80 Å². The molecule has 0 spiro atoms. The summed E-state index contributed by atoms with van der Waals surface area (Å²) >= 11 is 0. The lowest BCUT2D eigenvalue weighted by Crippen LogP contribution is -2.64. The summed E-state index contributed by atoms with van der Waals surface area (Å²) in [5.74, 6) is 0.631. The highest BCUT2D eigenvalue weighted by Crippen LogP contribution is 2.42. The van der Waals surface area contributed by atoms with E-state index in [1.165, 1.54) is 25.3 Å². The van der Waals surface area contributed by atoms with E-state index < -0.39 is 0 Å². The molecule has 3 saturated heterocycles. The molecule has 0 unspecified atom stereocenters. The smallest absolute Gasteiger partial charge is 0.255 e. The SMILES string of the molecule is N#Cc1ccccc1C(=O)N1C[C@H]2C[C@@H](C1)[C@H](Cc1cccc(F)c1)N1CCCC[C@@H]21. The average molecular weight is 418 g/mol. The molecule has 160 valence electrons. The minimum atomic E-state index is -0.185. The van der Waals surface area contributed by atoms with Crippen LogP contribution in [0.25, 0.3) is 0 Å². The summed E-state index contributed by atoms with van der Waals surface area (Å²) in [6.45, 7) is 2.57. The standard InChI is InChI=1S/C26H28FN3O/c27-22-8-5-6-18(12-22)13-25-21-14-20(24-10-3-4-11-30(24)25)16-29(17-21)26(31)23-9-2-1-7-19(23)15-28/h1-2,5-9,12,20-21,24-25H,3-4,10-11,13-14,16-17H2/t20-,21+,24+,25+/m1/s1. The Balaban J connectivity index is 1.43. The quantitative estimate of drug-likeness (QED) is 0.750.